The van der Waals surface area contributed by atoms with Gasteiger partial charge in [-0.25, -0.2) is 0 Å². The van der Waals surface area contributed by atoms with Gasteiger partial charge in [-0.2, -0.15) is 0 Å². The molecule has 2 aliphatic carbocycles. The molecule has 0 aliphatic heterocycles. The molecule has 1 fully saturated rings. The summed E-state index contributed by atoms with van der Waals surface area (Å²) in [5.41, 5.74) is 4.92. The molecular weight excluding hydrogens is 296 g/mol. The van der Waals surface area contributed by atoms with Gasteiger partial charge in [-0.05, 0) is 71.5 Å². The Labute approximate surface area is 146 Å². The monoisotopic (exact) mass is 328 g/mol. The number of aliphatic carboxylic acids is 1. The molecule has 2 aliphatic rings. The van der Waals surface area contributed by atoms with E-state index in [9.17, 15) is 4.79 Å². The zero-order valence-electron chi connectivity index (χ0n) is 15.7. The van der Waals surface area contributed by atoms with Crippen LogP contribution in [-0.2, 0) is 16.6 Å². The van der Waals surface area contributed by atoms with Crippen molar-refractivity contribution in [2.24, 2.45) is 11.3 Å². The third kappa shape index (κ3) is 2.89. The second-order valence-electron chi connectivity index (χ2n) is 8.98. The lowest BCUT2D eigenvalue weighted by molar-refractivity contribution is -0.138. The fourth-order valence-corrected chi connectivity index (χ4v) is 5.69. The van der Waals surface area contributed by atoms with Gasteiger partial charge in [0.05, 0.1) is 0 Å². The SMILES string of the molecule is CC(C)c1ccc2c(c1)CCC1[C@](C)(CCC(=O)O)CCC[C@]21C. The minimum Gasteiger partial charge on any atom is -0.481 e. The first-order chi connectivity index (χ1) is 11.3. The van der Waals surface area contributed by atoms with E-state index in [1.165, 1.54) is 31.2 Å². The van der Waals surface area contributed by atoms with Crippen molar-refractivity contribution in [1.82, 2.24) is 0 Å². The Bertz CT molecular complexity index is 633. The van der Waals surface area contributed by atoms with Crippen molar-refractivity contribution >= 4 is 5.97 Å². The molecule has 0 aromatic heterocycles. The highest BCUT2D eigenvalue weighted by molar-refractivity contribution is 5.66. The summed E-state index contributed by atoms with van der Waals surface area (Å²) in [5.74, 6) is 0.532. The van der Waals surface area contributed by atoms with E-state index in [0.717, 1.165) is 12.8 Å². The van der Waals surface area contributed by atoms with Gasteiger partial charge in [0, 0.05) is 6.42 Å². The minimum atomic E-state index is -0.652. The maximum Gasteiger partial charge on any atom is 0.303 e. The average Bonchev–Trinajstić information content (AvgIpc) is 2.52. The maximum atomic E-state index is 11.1. The molecule has 0 radical (unpaired) electrons. The Balaban J connectivity index is 1.95. The van der Waals surface area contributed by atoms with Gasteiger partial charge in [0.1, 0.15) is 0 Å². The predicted molar refractivity (Wildman–Crippen MR) is 98.5 cm³/mol. The van der Waals surface area contributed by atoms with Crippen LogP contribution >= 0.6 is 0 Å². The highest BCUT2D eigenvalue weighted by atomic mass is 16.4. The number of carbonyl (C=O) groups is 1. The Morgan fingerprint density at radius 1 is 1.29 bits per heavy atom. The zero-order chi connectivity index (χ0) is 17.5. The molecule has 1 aromatic rings. The summed E-state index contributed by atoms with van der Waals surface area (Å²) in [5, 5.41) is 9.16. The molecule has 1 unspecified atom stereocenters. The Hall–Kier alpha value is -1.31. The van der Waals surface area contributed by atoms with Crippen molar-refractivity contribution in [1.29, 1.82) is 0 Å². The fraction of sp³-hybridized carbons (Fsp3) is 0.682. The molecule has 2 nitrogen and oxygen atoms in total. The highest BCUT2D eigenvalue weighted by Gasteiger charge is 2.51. The number of aryl methyl sites for hydroxylation is 1. The van der Waals surface area contributed by atoms with E-state index < -0.39 is 5.97 Å². The van der Waals surface area contributed by atoms with Crippen molar-refractivity contribution in [3.05, 3.63) is 34.9 Å². The van der Waals surface area contributed by atoms with Crippen LogP contribution < -0.4 is 0 Å². The topological polar surface area (TPSA) is 37.3 Å². The molecule has 0 heterocycles. The summed E-state index contributed by atoms with van der Waals surface area (Å²) in [6, 6.07) is 7.14. The molecule has 132 valence electrons. The standard InChI is InChI=1S/C22H32O2/c1-15(2)16-6-8-18-17(14-16)7-9-19-21(3,13-10-20(23)24)11-5-12-22(18,19)4/h6,8,14-15,19H,5,7,9-13H2,1-4H3,(H,23,24)/t19?,21-,22+/m0/s1. The lowest BCUT2D eigenvalue weighted by atomic mass is 9.49. The Kier molecular flexibility index (Phi) is 4.53. The first kappa shape index (κ1) is 17.5. The molecule has 0 saturated heterocycles. The minimum absolute atomic E-state index is 0.166. The summed E-state index contributed by atoms with van der Waals surface area (Å²) < 4.78 is 0. The summed E-state index contributed by atoms with van der Waals surface area (Å²) in [7, 11) is 0. The second-order valence-corrected chi connectivity index (χ2v) is 8.98. The van der Waals surface area contributed by atoms with Gasteiger partial charge in [0.25, 0.3) is 0 Å². The third-order valence-corrected chi connectivity index (χ3v) is 7.08. The molecule has 24 heavy (non-hydrogen) atoms. The molecule has 1 N–H and O–H groups in total. The summed E-state index contributed by atoms with van der Waals surface area (Å²) >= 11 is 0. The quantitative estimate of drug-likeness (QED) is 0.771. The molecular formula is C22H32O2. The number of hydrogen-bond donors (Lipinski definition) is 1. The Morgan fingerprint density at radius 3 is 2.71 bits per heavy atom. The maximum absolute atomic E-state index is 11.1. The zero-order valence-corrected chi connectivity index (χ0v) is 15.7. The Morgan fingerprint density at radius 2 is 2.04 bits per heavy atom. The van der Waals surface area contributed by atoms with Crippen LogP contribution in [0.2, 0.25) is 0 Å². The summed E-state index contributed by atoms with van der Waals surface area (Å²) in [4.78, 5) is 11.1. The second kappa shape index (κ2) is 6.20. The van der Waals surface area contributed by atoms with E-state index in [2.05, 4.69) is 45.9 Å². The van der Waals surface area contributed by atoms with E-state index in [0.29, 0.717) is 18.3 Å². The van der Waals surface area contributed by atoms with Gasteiger partial charge in [-0.1, -0.05) is 52.3 Å². The van der Waals surface area contributed by atoms with Crippen molar-refractivity contribution in [3.63, 3.8) is 0 Å². The van der Waals surface area contributed by atoms with Crippen LogP contribution in [0.1, 0.15) is 88.8 Å². The molecule has 0 spiro atoms. The van der Waals surface area contributed by atoms with Gasteiger partial charge < -0.3 is 5.11 Å². The molecule has 1 aromatic carbocycles. The number of benzene rings is 1. The fourth-order valence-electron chi connectivity index (χ4n) is 5.69. The first-order valence-corrected chi connectivity index (χ1v) is 9.61. The number of carboxylic acid groups (broad SMARTS) is 1. The van der Waals surface area contributed by atoms with E-state index in [1.807, 2.05) is 0 Å². The third-order valence-electron chi connectivity index (χ3n) is 7.08. The van der Waals surface area contributed by atoms with Crippen LogP contribution in [0.5, 0.6) is 0 Å². The number of fused-ring (bicyclic) bond motifs is 3. The summed E-state index contributed by atoms with van der Waals surface area (Å²) in [6.45, 7) is 9.33. The predicted octanol–water partition coefficient (Wildman–Crippen LogP) is 5.69. The van der Waals surface area contributed by atoms with Crippen LogP contribution in [0.3, 0.4) is 0 Å². The van der Waals surface area contributed by atoms with E-state index in [-0.39, 0.29) is 10.8 Å². The largest absolute Gasteiger partial charge is 0.481 e. The van der Waals surface area contributed by atoms with Crippen molar-refractivity contribution < 1.29 is 9.90 Å². The van der Waals surface area contributed by atoms with E-state index in [1.54, 1.807) is 11.1 Å². The molecule has 2 heteroatoms. The lowest BCUT2D eigenvalue weighted by Crippen LogP contribution is -2.49. The molecule has 0 amide bonds. The van der Waals surface area contributed by atoms with Gasteiger partial charge in [-0.15, -0.1) is 0 Å². The lowest BCUT2D eigenvalue weighted by Gasteiger charge is -2.55. The van der Waals surface area contributed by atoms with Crippen LogP contribution in [0.15, 0.2) is 18.2 Å². The van der Waals surface area contributed by atoms with Gasteiger partial charge in [0.2, 0.25) is 0 Å². The normalized spacial score (nSPS) is 32.3. The first-order valence-electron chi connectivity index (χ1n) is 9.61. The summed E-state index contributed by atoms with van der Waals surface area (Å²) in [6.07, 6.45) is 7.13. The van der Waals surface area contributed by atoms with Gasteiger partial charge in [0.15, 0.2) is 0 Å². The average molecular weight is 328 g/mol. The van der Waals surface area contributed by atoms with E-state index in [4.69, 9.17) is 5.11 Å². The number of rotatable bonds is 4. The van der Waals surface area contributed by atoms with E-state index >= 15 is 0 Å². The van der Waals surface area contributed by atoms with Crippen LogP contribution in [0, 0.1) is 11.3 Å². The number of carboxylic acids is 1. The molecule has 1 saturated carbocycles. The van der Waals surface area contributed by atoms with Crippen LogP contribution in [0.25, 0.3) is 0 Å². The smallest absolute Gasteiger partial charge is 0.303 e. The van der Waals surface area contributed by atoms with Crippen molar-refractivity contribution in [3.8, 4) is 0 Å². The van der Waals surface area contributed by atoms with Gasteiger partial charge in [-0.3, -0.25) is 4.79 Å². The number of hydrogen-bond acceptors (Lipinski definition) is 1. The van der Waals surface area contributed by atoms with Crippen LogP contribution in [-0.4, -0.2) is 11.1 Å². The molecule has 3 atom stereocenters. The van der Waals surface area contributed by atoms with Crippen molar-refractivity contribution in [2.45, 2.75) is 84.0 Å². The van der Waals surface area contributed by atoms with Gasteiger partial charge >= 0.3 is 5.97 Å². The molecule has 0 bridgehead atoms. The molecule has 3 rings (SSSR count). The van der Waals surface area contributed by atoms with Crippen molar-refractivity contribution in [2.75, 3.05) is 0 Å². The van der Waals surface area contributed by atoms with Crippen LogP contribution in [0.4, 0.5) is 0 Å². The highest BCUT2D eigenvalue weighted by Crippen LogP contribution is 2.58.